The van der Waals surface area contributed by atoms with Crippen LogP contribution in [0.25, 0.3) is 0 Å². The number of benzene rings is 1. The molecule has 0 spiro atoms. The minimum absolute atomic E-state index is 0.632. The Morgan fingerprint density at radius 1 is 1.05 bits per heavy atom. The van der Waals surface area contributed by atoms with Crippen LogP contribution in [0.1, 0.15) is 22.3 Å². The molecule has 0 saturated carbocycles. The van der Waals surface area contributed by atoms with Crippen molar-refractivity contribution in [3.05, 3.63) is 52.7 Å². The number of hydrogen-bond acceptors (Lipinski definition) is 3. The lowest BCUT2D eigenvalue weighted by Crippen LogP contribution is -2.03. The van der Waals surface area contributed by atoms with Crippen molar-refractivity contribution in [2.45, 2.75) is 27.3 Å². The molecule has 19 heavy (non-hydrogen) atoms. The third kappa shape index (κ3) is 3.25. The maximum atomic E-state index is 5.04. The molecule has 1 aromatic heterocycles. The molecule has 0 saturated heterocycles. The van der Waals surface area contributed by atoms with E-state index in [4.69, 9.17) is 4.74 Å². The largest absolute Gasteiger partial charge is 0.481 e. The lowest BCUT2D eigenvalue weighted by Gasteiger charge is -2.12. The Kier molecular flexibility index (Phi) is 4.05. The summed E-state index contributed by atoms with van der Waals surface area (Å²) in [6.45, 7) is 7.25. The number of ether oxygens (including phenoxy) is 1. The fraction of sp³-hybridized carbons (Fsp3) is 0.312. The van der Waals surface area contributed by atoms with Crippen LogP contribution in [-0.2, 0) is 6.54 Å². The number of nitrogens with zero attached hydrogens (tertiary/aromatic N) is 1. The maximum Gasteiger partial charge on any atom is 0.213 e. The number of aromatic nitrogens is 1. The molecular weight excluding hydrogens is 236 g/mol. The van der Waals surface area contributed by atoms with E-state index >= 15 is 0 Å². The minimum Gasteiger partial charge on any atom is -0.481 e. The smallest absolute Gasteiger partial charge is 0.213 e. The summed E-state index contributed by atoms with van der Waals surface area (Å²) in [5.74, 6) is 0.632. The molecular formula is C16H20N2O. The number of rotatable bonds is 4. The zero-order valence-corrected chi connectivity index (χ0v) is 11.9. The predicted octanol–water partition coefficient (Wildman–Crippen LogP) is 3.63. The number of hydrogen-bond donors (Lipinski definition) is 1. The molecule has 0 bridgehead atoms. The molecule has 1 heterocycles. The van der Waals surface area contributed by atoms with Gasteiger partial charge in [0.25, 0.3) is 0 Å². The molecule has 2 aromatic rings. The van der Waals surface area contributed by atoms with E-state index in [9.17, 15) is 0 Å². The Morgan fingerprint density at radius 3 is 2.42 bits per heavy atom. The molecule has 2 rings (SSSR count). The number of anilines is 1. The van der Waals surface area contributed by atoms with Crippen molar-refractivity contribution in [2.75, 3.05) is 12.4 Å². The molecule has 0 aliphatic carbocycles. The van der Waals surface area contributed by atoms with E-state index in [0.29, 0.717) is 5.88 Å². The van der Waals surface area contributed by atoms with Crippen molar-refractivity contribution in [2.24, 2.45) is 0 Å². The first-order chi connectivity index (χ1) is 9.10. The van der Waals surface area contributed by atoms with E-state index in [1.807, 2.05) is 12.1 Å². The van der Waals surface area contributed by atoms with E-state index in [-0.39, 0.29) is 0 Å². The monoisotopic (exact) mass is 256 g/mol. The zero-order chi connectivity index (χ0) is 13.8. The van der Waals surface area contributed by atoms with Gasteiger partial charge in [0, 0.05) is 12.6 Å². The summed E-state index contributed by atoms with van der Waals surface area (Å²) in [4.78, 5) is 4.18. The maximum absolute atomic E-state index is 5.04. The Balaban J connectivity index is 2.07. The molecule has 0 aliphatic rings. The summed E-state index contributed by atoms with van der Waals surface area (Å²) in [6, 6.07) is 8.31. The van der Waals surface area contributed by atoms with Gasteiger partial charge in [-0.2, -0.15) is 0 Å². The van der Waals surface area contributed by atoms with Crippen molar-refractivity contribution in [3.8, 4) is 5.88 Å². The van der Waals surface area contributed by atoms with Gasteiger partial charge in [0.1, 0.15) is 0 Å². The number of nitrogens with one attached hydrogen (secondary N) is 1. The van der Waals surface area contributed by atoms with Crippen molar-refractivity contribution < 1.29 is 4.74 Å². The average Bonchev–Trinajstić information content (AvgIpc) is 2.42. The second-order valence-corrected chi connectivity index (χ2v) is 4.81. The second kappa shape index (κ2) is 5.74. The summed E-state index contributed by atoms with van der Waals surface area (Å²) >= 11 is 0. The number of methoxy groups -OCH3 is 1. The Morgan fingerprint density at radius 2 is 1.79 bits per heavy atom. The molecule has 0 aliphatic heterocycles. The van der Waals surface area contributed by atoms with Gasteiger partial charge in [-0.1, -0.05) is 12.1 Å². The molecule has 3 heteroatoms. The van der Waals surface area contributed by atoms with E-state index < -0.39 is 0 Å². The van der Waals surface area contributed by atoms with Gasteiger partial charge in [0.2, 0.25) is 5.88 Å². The quantitative estimate of drug-likeness (QED) is 0.907. The first-order valence-electron chi connectivity index (χ1n) is 6.41. The summed E-state index contributed by atoms with van der Waals surface area (Å²) in [5.41, 5.74) is 6.30. The normalized spacial score (nSPS) is 10.3. The van der Waals surface area contributed by atoms with E-state index in [0.717, 1.165) is 12.2 Å². The van der Waals surface area contributed by atoms with Gasteiger partial charge in [-0.05, 0) is 49.1 Å². The number of pyridine rings is 1. The van der Waals surface area contributed by atoms with Crippen molar-refractivity contribution in [3.63, 3.8) is 0 Å². The van der Waals surface area contributed by atoms with Gasteiger partial charge >= 0.3 is 0 Å². The molecule has 0 unspecified atom stereocenters. The highest BCUT2D eigenvalue weighted by Crippen LogP contribution is 2.17. The van der Waals surface area contributed by atoms with Crippen molar-refractivity contribution in [1.29, 1.82) is 0 Å². The summed E-state index contributed by atoms with van der Waals surface area (Å²) in [7, 11) is 1.62. The molecule has 1 aromatic carbocycles. The van der Waals surface area contributed by atoms with Gasteiger partial charge in [-0.3, -0.25) is 0 Å². The second-order valence-electron chi connectivity index (χ2n) is 4.81. The Labute approximate surface area is 114 Å². The first kappa shape index (κ1) is 13.4. The Bertz CT molecular complexity index is 562. The lowest BCUT2D eigenvalue weighted by molar-refractivity contribution is 0.398. The molecule has 0 atom stereocenters. The highest BCUT2D eigenvalue weighted by atomic mass is 16.5. The van der Waals surface area contributed by atoms with E-state index in [1.165, 1.54) is 22.3 Å². The van der Waals surface area contributed by atoms with Crippen LogP contribution in [0, 0.1) is 20.8 Å². The summed E-state index contributed by atoms with van der Waals surface area (Å²) < 4.78 is 5.04. The minimum atomic E-state index is 0.632. The lowest BCUT2D eigenvalue weighted by atomic mass is 10.0. The van der Waals surface area contributed by atoms with E-state index in [2.05, 4.69) is 43.2 Å². The molecule has 0 fully saturated rings. The number of aryl methyl sites for hydroxylation is 3. The van der Waals surface area contributed by atoms with Crippen LogP contribution in [0.3, 0.4) is 0 Å². The molecule has 0 radical (unpaired) electrons. The molecule has 3 nitrogen and oxygen atoms in total. The topological polar surface area (TPSA) is 34.1 Å². The predicted molar refractivity (Wildman–Crippen MR) is 78.8 cm³/mol. The van der Waals surface area contributed by atoms with Crippen LogP contribution in [0.5, 0.6) is 5.88 Å². The van der Waals surface area contributed by atoms with Crippen LogP contribution >= 0.6 is 0 Å². The first-order valence-corrected chi connectivity index (χ1v) is 6.41. The highest BCUT2D eigenvalue weighted by Gasteiger charge is 2.02. The summed E-state index contributed by atoms with van der Waals surface area (Å²) in [6.07, 6.45) is 1.79. The van der Waals surface area contributed by atoms with Gasteiger partial charge in [-0.15, -0.1) is 0 Å². The van der Waals surface area contributed by atoms with Crippen LogP contribution in [0.15, 0.2) is 30.5 Å². The molecule has 0 amide bonds. The SMILES string of the molecule is COc1ccc(NCc2cc(C)c(C)cc2C)cn1. The van der Waals surface area contributed by atoms with Crippen molar-refractivity contribution >= 4 is 5.69 Å². The summed E-state index contributed by atoms with van der Waals surface area (Å²) in [5, 5.41) is 3.38. The van der Waals surface area contributed by atoms with Gasteiger partial charge in [-0.25, -0.2) is 4.98 Å². The Hall–Kier alpha value is -2.03. The standard InChI is InChI=1S/C16H20N2O/c1-11-7-13(3)14(8-12(11)2)9-17-15-5-6-16(19-4)18-10-15/h5-8,10,17H,9H2,1-4H3. The third-order valence-electron chi connectivity index (χ3n) is 3.38. The van der Waals surface area contributed by atoms with Crippen LogP contribution < -0.4 is 10.1 Å². The van der Waals surface area contributed by atoms with Gasteiger partial charge < -0.3 is 10.1 Å². The van der Waals surface area contributed by atoms with Gasteiger partial charge in [0.15, 0.2) is 0 Å². The highest BCUT2D eigenvalue weighted by molar-refractivity contribution is 5.44. The van der Waals surface area contributed by atoms with Crippen LogP contribution in [-0.4, -0.2) is 12.1 Å². The van der Waals surface area contributed by atoms with E-state index in [1.54, 1.807) is 13.3 Å². The van der Waals surface area contributed by atoms with Crippen LogP contribution in [0.2, 0.25) is 0 Å². The fourth-order valence-corrected chi connectivity index (χ4v) is 2.01. The van der Waals surface area contributed by atoms with Gasteiger partial charge in [0.05, 0.1) is 19.0 Å². The zero-order valence-electron chi connectivity index (χ0n) is 11.9. The molecule has 100 valence electrons. The van der Waals surface area contributed by atoms with Crippen molar-refractivity contribution in [1.82, 2.24) is 4.98 Å². The van der Waals surface area contributed by atoms with Crippen LogP contribution in [0.4, 0.5) is 5.69 Å². The molecule has 1 N–H and O–H groups in total. The fourth-order valence-electron chi connectivity index (χ4n) is 2.01. The average molecular weight is 256 g/mol. The third-order valence-corrected chi connectivity index (χ3v) is 3.38.